The largest absolute Gasteiger partial charge is 0.494 e. The second-order valence-corrected chi connectivity index (χ2v) is 8.37. The molecule has 2 aromatic carbocycles. The Morgan fingerprint density at radius 3 is 2.42 bits per heavy atom. The number of benzene rings is 2. The third-order valence-corrected chi connectivity index (χ3v) is 6.31. The van der Waals surface area contributed by atoms with E-state index in [1.165, 1.54) is 0 Å². The van der Waals surface area contributed by atoms with E-state index in [1.807, 2.05) is 36.4 Å². The summed E-state index contributed by atoms with van der Waals surface area (Å²) in [6.07, 6.45) is 1.75. The average Bonchev–Trinajstić information content (AvgIpc) is 3.12. The quantitative estimate of drug-likeness (QED) is 0.443. The first-order chi connectivity index (χ1) is 16.1. The van der Waals surface area contributed by atoms with E-state index in [4.69, 9.17) is 9.15 Å². The molecule has 0 unspecified atom stereocenters. The lowest BCUT2D eigenvalue weighted by Crippen LogP contribution is -2.33. The minimum Gasteiger partial charge on any atom is -0.494 e. The summed E-state index contributed by atoms with van der Waals surface area (Å²) < 4.78 is 11.7. The molecule has 0 radical (unpaired) electrons. The van der Waals surface area contributed by atoms with Gasteiger partial charge in [0.1, 0.15) is 11.3 Å². The van der Waals surface area contributed by atoms with Crippen LogP contribution >= 0.6 is 0 Å². The SMILES string of the molecule is CCCOc1ccc([C@@H]2c3c(oc4ccccc4c3=O)C(=O)N2CCCN(CC)CC)cc1. The Bertz CT molecular complexity index is 1160. The van der Waals surface area contributed by atoms with Crippen molar-refractivity contribution in [3.05, 3.63) is 75.6 Å². The van der Waals surface area contributed by atoms with Gasteiger partial charge in [0.2, 0.25) is 5.76 Å². The summed E-state index contributed by atoms with van der Waals surface area (Å²) in [5.41, 5.74) is 1.63. The fourth-order valence-corrected chi connectivity index (χ4v) is 4.52. The lowest BCUT2D eigenvalue weighted by atomic mass is 9.98. The van der Waals surface area contributed by atoms with Gasteiger partial charge in [0, 0.05) is 6.54 Å². The number of hydrogen-bond donors (Lipinski definition) is 0. The van der Waals surface area contributed by atoms with Gasteiger partial charge in [-0.15, -0.1) is 0 Å². The summed E-state index contributed by atoms with van der Waals surface area (Å²) in [5, 5.41) is 0.502. The number of fused-ring (bicyclic) bond motifs is 2. The predicted octanol–water partition coefficient (Wildman–Crippen LogP) is 4.86. The zero-order chi connectivity index (χ0) is 23.4. The summed E-state index contributed by atoms with van der Waals surface area (Å²) in [6, 6.07) is 14.4. The number of hydrogen-bond acceptors (Lipinski definition) is 5. The van der Waals surface area contributed by atoms with E-state index in [1.54, 1.807) is 17.0 Å². The molecule has 174 valence electrons. The fraction of sp³-hybridized carbons (Fsp3) is 0.407. The highest BCUT2D eigenvalue weighted by molar-refractivity contribution is 5.99. The van der Waals surface area contributed by atoms with Crippen molar-refractivity contribution in [1.82, 2.24) is 9.80 Å². The molecule has 33 heavy (non-hydrogen) atoms. The highest BCUT2D eigenvalue weighted by Gasteiger charge is 2.42. The van der Waals surface area contributed by atoms with Crippen LogP contribution in [0.1, 0.15) is 61.3 Å². The number of carbonyl (C=O) groups excluding carboxylic acids is 1. The summed E-state index contributed by atoms with van der Waals surface area (Å²) in [5.74, 6) is 0.727. The minimum atomic E-state index is -0.467. The Morgan fingerprint density at radius 2 is 1.73 bits per heavy atom. The molecule has 3 aromatic rings. The third kappa shape index (κ3) is 4.53. The van der Waals surface area contributed by atoms with Crippen molar-refractivity contribution in [2.75, 3.05) is 32.8 Å². The second kappa shape index (κ2) is 10.2. The zero-order valence-electron chi connectivity index (χ0n) is 19.7. The van der Waals surface area contributed by atoms with Gasteiger partial charge in [-0.3, -0.25) is 9.59 Å². The van der Waals surface area contributed by atoms with Gasteiger partial charge in [0.15, 0.2) is 5.43 Å². The summed E-state index contributed by atoms with van der Waals surface area (Å²) in [7, 11) is 0. The van der Waals surface area contributed by atoms with Crippen molar-refractivity contribution in [3.63, 3.8) is 0 Å². The third-order valence-electron chi connectivity index (χ3n) is 6.31. The molecule has 6 nitrogen and oxygen atoms in total. The van der Waals surface area contributed by atoms with Gasteiger partial charge in [0.05, 0.1) is 23.6 Å². The maximum Gasteiger partial charge on any atom is 0.290 e. The molecular weight excluding hydrogens is 416 g/mol. The zero-order valence-corrected chi connectivity index (χ0v) is 19.7. The molecule has 1 atom stereocenters. The number of nitrogens with zero attached hydrogens (tertiary/aromatic N) is 2. The van der Waals surface area contributed by atoms with Crippen LogP contribution in [0.15, 0.2) is 57.7 Å². The molecule has 6 heteroatoms. The molecule has 1 aromatic heterocycles. The summed E-state index contributed by atoms with van der Waals surface area (Å²) in [6.45, 7) is 10.4. The molecule has 0 fully saturated rings. The Morgan fingerprint density at radius 1 is 1.00 bits per heavy atom. The molecule has 0 N–H and O–H groups in total. The molecule has 0 aliphatic carbocycles. The molecule has 0 saturated heterocycles. The lowest BCUT2D eigenvalue weighted by Gasteiger charge is -2.26. The van der Waals surface area contributed by atoms with Crippen LogP contribution in [0.3, 0.4) is 0 Å². The molecule has 0 bridgehead atoms. The summed E-state index contributed by atoms with van der Waals surface area (Å²) >= 11 is 0. The number of para-hydroxylation sites is 1. The average molecular weight is 449 g/mol. The topological polar surface area (TPSA) is 63.0 Å². The van der Waals surface area contributed by atoms with Gasteiger partial charge < -0.3 is 19.0 Å². The van der Waals surface area contributed by atoms with E-state index in [0.717, 1.165) is 43.8 Å². The minimum absolute atomic E-state index is 0.136. The van der Waals surface area contributed by atoms with Gasteiger partial charge in [-0.2, -0.15) is 0 Å². The first kappa shape index (κ1) is 23.1. The van der Waals surface area contributed by atoms with E-state index in [0.29, 0.717) is 29.7 Å². The summed E-state index contributed by atoms with van der Waals surface area (Å²) in [4.78, 5) is 31.1. The fourth-order valence-electron chi connectivity index (χ4n) is 4.52. The van der Waals surface area contributed by atoms with Gasteiger partial charge in [0.25, 0.3) is 5.91 Å². The lowest BCUT2D eigenvalue weighted by molar-refractivity contribution is 0.0720. The van der Waals surface area contributed by atoms with Crippen molar-refractivity contribution in [2.45, 2.75) is 39.7 Å². The van der Waals surface area contributed by atoms with Gasteiger partial charge in [-0.25, -0.2) is 0 Å². The van der Waals surface area contributed by atoms with Crippen LogP contribution in [0.2, 0.25) is 0 Å². The van der Waals surface area contributed by atoms with E-state index in [9.17, 15) is 9.59 Å². The molecule has 1 amide bonds. The molecule has 0 saturated carbocycles. The van der Waals surface area contributed by atoms with E-state index in [-0.39, 0.29) is 17.1 Å². The molecule has 2 heterocycles. The standard InChI is InChI=1S/C27H32N2O4/c1-4-18-32-20-14-12-19(13-15-20)24-23-25(30)21-10-7-8-11-22(21)33-26(23)27(31)29(24)17-9-16-28(5-2)6-3/h7-8,10-15,24H,4-6,9,16-18H2,1-3H3/t24-/m1/s1. The Balaban J connectivity index is 1.73. The van der Waals surface area contributed by atoms with Gasteiger partial charge in [-0.05, 0) is 62.3 Å². The number of rotatable bonds is 10. The monoisotopic (exact) mass is 448 g/mol. The predicted molar refractivity (Wildman–Crippen MR) is 130 cm³/mol. The number of carbonyl (C=O) groups is 1. The van der Waals surface area contributed by atoms with Crippen LogP contribution in [0.25, 0.3) is 11.0 Å². The van der Waals surface area contributed by atoms with Crippen molar-refractivity contribution in [2.24, 2.45) is 0 Å². The van der Waals surface area contributed by atoms with Crippen molar-refractivity contribution >= 4 is 16.9 Å². The molecular formula is C27H32N2O4. The van der Waals surface area contributed by atoms with Crippen LogP contribution in [0.5, 0.6) is 5.75 Å². The highest BCUT2D eigenvalue weighted by atomic mass is 16.5. The van der Waals surface area contributed by atoms with Crippen LogP contribution in [0, 0.1) is 0 Å². The van der Waals surface area contributed by atoms with E-state index < -0.39 is 6.04 Å². The Kier molecular flexibility index (Phi) is 7.14. The Hall–Kier alpha value is -3.12. The van der Waals surface area contributed by atoms with Crippen LogP contribution < -0.4 is 10.2 Å². The maximum atomic E-state index is 13.5. The number of amides is 1. The van der Waals surface area contributed by atoms with Crippen molar-refractivity contribution < 1.29 is 13.9 Å². The first-order valence-corrected chi connectivity index (χ1v) is 11.9. The highest BCUT2D eigenvalue weighted by Crippen LogP contribution is 2.38. The Labute approximate surface area is 194 Å². The van der Waals surface area contributed by atoms with Crippen LogP contribution in [-0.4, -0.2) is 48.5 Å². The van der Waals surface area contributed by atoms with Gasteiger partial charge in [-0.1, -0.05) is 45.0 Å². The molecule has 1 aliphatic heterocycles. The number of ether oxygens (including phenoxy) is 1. The van der Waals surface area contributed by atoms with Gasteiger partial charge >= 0.3 is 0 Å². The second-order valence-electron chi connectivity index (χ2n) is 8.37. The van der Waals surface area contributed by atoms with Crippen LogP contribution in [-0.2, 0) is 0 Å². The maximum absolute atomic E-state index is 13.5. The molecule has 1 aliphatic rings. The first-order valence-electron chi connectivity index (χ1n) is 11.9. The normalized spacial score (nSPS) is 15.5. The van der Waals surface area contributed by atoms with E-state index >= 15 is 0 Å². The smallest absolute Gasteiger partial charge is 0.290 e. The van der Waals surface area contributed by atoms with E-state index in [2.05, 4.69) is 25.7 Å². The molecule has 4 rings (SSSR count). The van der Waals surface area contributed by atoms with Crippen molar-refractivity contribution in [1.29, 1.82) is 0 Å². The van der Waals surface area contributed by atoms with Crippen LogP contribution in [0.4, 0.5) is 0 Å². The van der Waals surface area contributed by atoms with Crippen molar-refractivity contribution in [3.8, 4) is 5.75 Å². The molecule has 0 spiro atoms.